The van der Waals surface area contributed by atoms with Crippen LogP contribution in [0.25, 0.3) is 33.3 Å². The molecule has 1 N–H and O–H groups in total. The molecule has 1 saturated heterocycles. The zero-order valence-electron chi connectivity index (χ0n) is 17.6. The lowest BCUT2D eigenvalue weighted by Crippen LogP contribution is -2.40. The summed E-state index contributed by atoms with van der Waals surface area (Å²) in [5.74, 6) is 0.717. The number of carbonyl (C=O) groups is 1. The Labute approximate surface area is 190 Å². The largest absolute Gasteiger partial charge is 0.496 e. The summed E-state index contributed by atoms with van der Waals surface area (Å²) in [6, 6.07) is 15.3. The zero-order valence-corrected chi connectivity index (χ0v) is 18.4. The number of aromatic amines is 1. The van der Waals surface area contributed by atoms with Gasteiger partial charge in [-0.05, 0) is 35.9 Å². The smallest absolute Gasteiger partial charge is 0.254 e. The number of aromatic nitrogens is 2. The third kappa shape index (κ3) is 3.72. The Morgan fingerprint density at radius 3 is 2.75 bits per heavy atom. The average Bonchev–Trinajstić information content (AvgIpc) is 3.27. The van der Waals surface area contributed by atoms with E-state index in [2.05, 4.69) is 16.0 Å². The van der Waals surface area contributed by atoms with Crippen molar-refractivity contribution in [1.29, 1.82) is 0 Å². The van der Waals surface area contributed by atoms with Gasteiger partial charge in [-0.25, -0.2) is 4.98 Å². The third-order valence-corrected chi connectivity index (χ3v) is 6.05. The normalized spacial score (nSPS) is 14.0. The average molecular weight is 448 g/mol. The monoisotopic (exact) mass is 447 g/mol. The number of methoxy groups -OCH3 is 1. The second-order valence-electron chi connectivity index (χ2n) is 7.62. The van der Waals surface area contributed by atoms with Gasteiger partial charge in [0.05, 0.1) is 25.3 Å². The first-order valence-electron chi connectivity index (χ1n) is 10.4. The van der Waals surface area contributed by atoms with Crippen LogP contribution < -0.4 is 4.74 Å². The number of ether oxygens (including phenoxy) is 2. The number of fused-ring (bicyclic) bond motifs is 1. The molecule has 0 spiro atoms. The van der Waals surface area contributed by atoms with Crippen molar-refractivity contribution in [1.82, 2.24) is 14.9 Å². The Balaban J connectivity index is 1.55. The molecule has 0 bridgehead atoms. The Hall–Kier alpha value is -3.35. The fourth-order valence-electron chi connectivity index (χ4n) is 4.08. The molecule has 5 rings (SSSR count). The number of carbonyl (C=O) groups excluding carboxylic acids is 1. The second-order valence-corrected chi connectivity index (χ2v) is 8.03. The number of nitrogens with one attached hydrogen (secondary N) is 1. The molecule has 6 nitrogen and oxygen atoms in total. The summed E-state index contributed by atoms with van der Waals surface area (Å²) >= 11 is 6.52. The van der Waals surface area contributed by atoms with Gasteiger partial charge in [-0.15, -0.1) is 0 Å². The first-order chi connectivity index (χ1) is 15.7. The van der Waals surface area contributed by atoms with Gasteiger partial charge < -0.3 is 19.4 Å². The fourth-order valence-corrected chi connectivity index (χ4v) is 4.35. The van der Waals surface area contributed by atoms with Crippen molar-refractivity contribution in [2.75, 3.05) is 33.4 Å². The number of amides is 1. The van der Waals surface area contributed by atoms with E-state index < -0.39 is 0 Å². The third-order valence-electron chi connectivity index (χ3n) is 5.74. The second kappa shape index (κ2) is 8.65. The van der Waals surface area contributed by atoms with E-state index in [-0.39, 0.29) is 5.91 Å². The van der Waals surface area contributed by atoms with E-state index in [1.54, 1.807) is 7.11 Å². The highest BCUT2D eigenvalue weighted by Crippen LogP contribution is 2.40. The van der Waals surface area contributed by atoms with Crippen LogP contribution in [0.5, 0.6) is 5.75 Å². The number of H-pyrrole nitrogens is 1. The molecular formula is C25H22ClN3O3. The van der Waals surface area contributed by atoms with E-state index in [0.29, 0.717) is 42.6 Å². The molecule has 0 atom stereocenters. The van der Waals surface area contributed by atoms with Gasteiger partial charge in [0.2, 0.25) is 0 Å². The zero-order chi connectivity index (χ0) is 22.1. The molecule has 2 aromatic heterocycles. The van der Waals surface area contributed by atoms with Crippen LogP contribution in [0.4, 0.5) is 0 Å². The highest BCUT2D eigenvalue weighted by Gasteiger charge is 2.19. The van der Waals surface area contributed by atoms with E-state index in [0.717, 1.165) is 33.3 Å². The number of benzene rings is 2. The van der Waals surface area contributed by atoms with Crippen LogP contribution in [-0.4, -0.2) is 54.2 Å². The molecule has 0 aliphatic carbocycles. The molecule has 162 valence electrons. The summed E-state index contributed by atoms with van der Waals surface area (Å²) < 4.78 is 10.9. The van der Waals surface area contributed by atoms with Crippen molar-refractivity contribution in [2.24, 2.45) is 0 Å². The number of hydrogen-bond acceptors (Lipinski definition) is 4. The van der Waals surface area contributed by atoms with Crippen molar-refractivity contribution in [3.05, 3.63) is 71.5 Å². The van der Waals surface area contributed by atoms with Crippen LogP contribution in [0.15, 0.2) is 60.9 Å². The Morgan fingerprint density at radius 1 is 1.12 bits per heavy atom. The molecule has 0 radical (unpaired) electrons. The van der Waals surface area contributed by atoms with Crippen molar-refractivity contribution in [2.45, 2.75) is 0 Å². The Morgan fingerprint density at radius 2 is 1.94 bits per heavy atom. The topological polar surface area (TPSA) is 67.5 Å². The van der Waals surface area contributed by atoms with Crippen LogP contribution in [0.3, 0.4) is 0 Å². The van der Waals surface area contributed by atoms with Gasteiger partial charge in [0.1, 0.15) is 11.4 Å². The predicted octanol–water partition coefficient (Wildman–Crippen LogP) is 5.03. The van der Waals surface area contributed by atoms with E-state index in [1.165, 1.54) is 0 Å². The lowest BCUT2D eigenvalue weighted by atomic mass is 10.00. The summed E-state index contributed by atoms with van der Waals surface area (Å²) in [7, 11) is 1.63. The number of nitrogens with zero attached hydrogens (tertiary/aromatic N) is 2. The van der Waals surface area contributed by atoms with Crippen LogP contribution >= 0.6 is 11.6 Å². The van der Waals surface area contributed by atoms with E-state index in [4.69, 9.17) is 21.1 Å². The van der Waals surface area contributed by atoms with Gasteiger partial charge in [-0.1, -0.05) is 29.8 Å². The number of rotatable bonds is 4. The number of morpholine rings is 1. The molecular weight excluding hydrogens is 426 g/mol. The van der Waals surface area contributed by atoms with Crippen molar-refractivity contribution >= 4 is 28.5 Å². The van der Waals surface area contributed by atoms with Crippen molar-refractivity contribution in [3.8, 4) is 28.0 Å². The molecule has 32 heavy (non-hydrogen) atoms. The summed E-state index contributed by atoms with van der Waals surface area (Å²) in [6.07, 6.45) is 3.70. The molecule has 1 amide bonds. The maximum absolute atomic E-state index is 12.9. The summed E-state index contributed by atoms with van der Waals surface area (Å²) in [5, 5.41) is 1.53. The molecule has 1 aliphatic rings. The Kier molecular flexibility index (Phi) is 5.55. The number of pyridine rings is 1. The van der Waals surface area contributed by atoms with Crippen LogP contribution in [0, 0.1) is 0 Å². The minimum absolute atomic E-state index is 0.0207. The van der Waals surface area contributed by atoms with Gasteiger partial charge >= 0.3 is 0 Å². The maximum atomic E-state index is 12.9. The van der Waals surface area contributed by atoms with E-state index in [9.17, 15) is 4.79 Å². The molecule has 1 fully saturated rings. The maximum Gasteiger partial charge on any atom is 0.254 e. The molecule has 0 unspecified atom stereocenters. The van der Waals surface area contributed by atoms with Crippen molar-refractivity contribution < 1.29 is 14.3 Å². The fraction of sp³-hybridized carbons (Fsp3) is 0.200. The molecule has 1 aliphatic heterocycles. The van der Waals surface area contributed by atoms with Gasteiger partial charge in [0, 0.05) is 53.1 Å². The molecule has 4 aromatic rings. The quantitative estimate of drug-likeness (QED) is 0.476. The summed E-state index contributed by atoms with van der Waals surface area (Å²) in [6.45, 7) is 2.38. The predicted molar refractivity (Wildman–Crippen MR) is 125 cm³/mol. The highest BCUT2D eigenvalue weighted by atomic mass is 35.5. The minimum Gasteiger partial charge on any atom is -0.496 e. The van der Waals surface area contributed by atoms with E-state index in [1.807, 2.05) is 59.8 Å². The molecule has 2 aromatic carbocycles. The van der Waals surface area contributed by atoms with Crippen LogP contribution in [0.2, 0.25) is 5.02 Å². The summed E-state index contributed by atoms with van der Waals surface area (Å²) in [4.78, 5) is 22.6. The highest BCUT2D eigenvalue weighted by molar-refractivity contribution is 6.34. The molecule has 3 heterocycles. The van der Waals surface area contributed by atoms with Crippen LogP contribution in [-0.2, 0) is 4.74 Å². The first-order valence-corrected chi connectivity index (χ1v) is 10.8. The number of halogens is 1. The summed E-state index contributed by atoms with van der Waals surface area (Å²) in [5.41, 5.74) is 4.99. The lowest BCUT2D eigenvalue weighted by Gasteiger charge is -2.27. The SMILES string of the molecule is COc1cccc(Cl)c1-c1c[nH]c2ncc(-c3cccc(C(=O)N4CCOCC4)c3)cc12. The number of hydrogen-bond donors (Lipinski definition) is 1. The van der Waals surface area contributed by atoms with Gasteiger partial charge in [0.25, 0.3) is 5.91 Å². The van der Waals surface area contributed by atoms with Gasteiger partial charge in [-0.2, -0.15) is 0 Å². The minimum atomic E-state index is 0.0207. The van der Waals surface area contributed by atoms with Crippen molar-refractivity contribution in [3.63, 3.8) is 0 Å². The lowest BCUT2D eigenvalue weighted by molar-refractivity contribution is 0.0303. The first kappa shape index (κ1) is 20.5. The van der Waals surface area contributed by atoms with Crippen LogP contribution in [0.1, 0.15) is 10.4 Å². The Bertz CT molecular complexity index is 1290. The van der Waals surface area contributed by atoms with Gasteiger partial charge in [0.15, 0.2) is 0 Å². The standard InChI is InChI=1S/C25H22ClN3O3/c1-31-22-7-3-6-21(26)23(22)20-15-28-24-19(20)13-18(14-27-24)16-4-2-5-17(12-16)25(30)29-8-10-32-11-9-29/h2-7,12-15H,8-11H2,1H3,(H,27,28). The van der Waals surface area contributed by atoms with Gasteiger partial charge in [-0.3, -0.25) is 4.79 Å². The van der Waals surface area contributed by atoms with E-state index >= 15 is 0 Å². The molecule has 7 heteroatoms. The molecule has 0 saturated carbocycles.